The molecule has 0 radical (unpaired) electrons. The molecule has 1 amide bonds. The zero-order valence-electron chi connectivity index (χ0n) is 22.1. The molecule has 1 aromatic carbocycles. The minimum atomic E-state index is -3.31. The Morgan fingerprint density at radius 1 is 1.15 bits per heavy atom. The standard InChI is InChI=1S/C27H27F2N5O4S/c1-6-20-22(38-12-11-37-5)23(35)32-15-18(9-10-21(32)31-20)34-25(39)33(24(36)26(34,2)3)17-8-7-16(14-30)19(13-17)27(4,28)29/h7-10,13,15H,6,11-12H2,1-5H3. The van der Waals surface area contributed by atoms with Gasteiger partial charge in [0.1, 0.15) is 17.8 Å². The number of fused-ring (bicyclic) bond motifs is 1. The highest BCUT2D eigenvalue weighted by Crippen LogP contribution is 2.39. The summed E-state index contributed by atoms with van der Waals surface area (Å²) in [6.07, 6.45) is 1.99. The molecule has 0 bridgehead atoms. The minimum absolute atomic E-state index is 0.0298. The summed E-state index contributed by atoms with van der Waals surface area (Å²) in [6.45, 7) is 6.30. The van der Waals surface area contributed by atoms with E-state index in [1.165, 1.54) is 29.8 Å². The van der Waals surface area contributed by atoms with Gasteiger partial charge in [-0.3, -0.25) is 18.9 Å². The number of ether oxygens (including phenoxy) is 2. The quantitative estimate of drug-likeness (QED) is 0.302. The van der Waals surface area contributed by atoms with Gasteiger partial charge in [0, 0.05) is 25.8 Å². The molecule has 9 nitrogen and oxygen atoms in total. The number of hydrogen-bond acceptors (Lipinski definition) is 7. The van der Waals surface area contributed by atoms with Crippen LogP contribution in [0.5, 0.6) is 5.75 Å². The third-order valence-electron chi connectivity index (χ3n) is 6.49. The number of nitrogens with zero attached hydrogens (tertiary/aromatic N) is 5. The van der Waals surface area contributed by atoms with Crippen LogP contribution >= 0.6 is 12.2 Å². The molecule has 12 heteroatoms. The zero-order chi connectivity index (χ0) is 28.7. The van der Waals surface area contributed by atoms with E-state index in [2.05, 4.69) is 4.98 Å². The SMILES string of the molecule is CCc1nc2ccc(N3C(=S)N(c4ccc(C#N)c(C(C)(F)F)c4)C(=O)C3(C)C)cn2c(=O)c1OCCOC. The van der Waals surface area contributed by atoms with Crippen molar-refractivity contribution in [2.24, 2.45) is 0 Å². The molecule has 0 unspecified atom stereocenters. The molecule has 0 N–H and O–H groups in total. The van der Waals surface area contributed by atoms with Crippen molar-refractivity contribution < 1.29 is 23.0 Å². The highest BCUT2D eigenvalue weighted by atomic mass is 32.1. The van der Waals surface area contributed by atoms with E-state index in [4.69, 9.17) is 21.7 Å². The van der Waals surface area contributed by atoms with Crippen molar-refractivity contribution in [3.05, 3.63) is 63.7 Å². The molecule has 1 aliphatic rings. The van der Waals surface area contributed by atoms with Crippen molar-refractivity contribution in [2.45, 2.75) is 45.6 Å². The normalized spacial score (nSPS) is 15.2. The highest BCUT2D eigenvalue weighted by Gasteiger charge is 2.50. The first-order chi connectivity index (χ1) is 18.4. The maximum atomic E-state index is 14.3. The second-order valence-electron chi connectivity index (χ2n) is 9.55. The number of halogens is 2. The van der Waals surface area contributed by atoms with Crippen LogP contribution in [0.3, 0.4) is 0 Å². The summed E-state index contributed by atoms with van der Waals surface area (Å²) >= 11 is 5.68. The lowest BCUT2D eigenvalue weighted by atomic mass is 10.0. The van der Waals surface area contributed by atoms with Gasteiger partial charge in [-0.1, -0.05) is 6.92 Å². The monoisotopic (exact) mass is 555 g/mol. The summed E-state index contributed by atoms with van der Waals surface area (Å²) in [4.78, 5) is 34.2. The lowest BCUT2D eigenvalue weighted by Gasteiger charge is -2.29. The van der Waals surface area contributed by atoms with Gasteiger partial charge in [0.2, 0.25) is 5.75 Å². The molecule has 1 saturated heterocycles. The number of alkyl halides is 2. The van der Waals surface area contributed by atoms with Gasteiger partial charge in [-0.25, -0.2) is 13.8 Å². The van der Waals surface area contributed by atoms with E-state index in [1.54, 1.807) is 36.9 Å². The molecule has 0 aliphatic carbocycles. The Balaban J connectivity index is 1.81. The lowest BCUT2D eigenvalue weighted by Crippen LogP contribution is -2.44. The molecule has 0 spiro atoms. The van der Waals surface area contributed by atoms with Gasteiger partial charge in [-0.05, 0) is 62.8 Å². The van der Waals surface area contributed by atoms with Crippen LogP contribution in [0.2, 0.25) is 0 Å². The van der Waals surface area contributed by atoms with E-state index in [-0.39, 0.29) is 28.7 Å². The molecule has 3 heterocycles. The van der Waals surface area contributed by atoms with Crippen molar-refractivity contribution in [3.63, 3.8) is 0 Å². The number of anilines is 2. The van der Waals surface area contributed by atoms with E-state index in [1.807, 2.05) is 6.92 Å². The second kappa shape index (κ2) is 10.3. The Morgan fingerprint density at radius 3 is 2.46 bits per heavy atom. The largest absolute Gasteiger partial charge is 0.484 e. The van der Waals surface area contributed by atoms with Gasteiger partial charge in [0.15, 0.2) is 5.11 Å². The highest BCUT2D eigenvalue weighted by molar-refractivity contribution is 7.81. The number of hydrogen-bond donors (Lipinski definition) is 0. The van der Waals surface area contributed by atoms with Crippen LogP contribution < -0.4 is 20.1 Å². The number of pyridine rings is 1. The minimum Gasteiger partial charge on any atom is -0.484 e. The summed E-state index contributed by atoms with van der Waals surface area (Å²) < 4.78 is 40.6. The fraction of sp³-hybridized carbons (Fsp3) is 0.370. The van der Waals surface area contributed by atoms with Gasteiger partial charge in [0.05, 0.1) is 35.3 Å². The Morgan fingerprint density at radius 2 is 1.85 bits per heavy atom. The van der Waals surface area contributed by atoms with Gasteiger partial charge < -0.3 is 14.4 Å². The van der Waals surface area contributed by atoms with Crippen molar-refractivity contribution in [2.75, 3.05) is 30.1 Å². The Hall–Kier alpha value is -3.95. The number of aromatic nitrogens is 2. The average Bonchev–Trinajstić information content (AvgIpc) is 3.07. The summed E-state index contributed by atoms with van der Waals surface area (Å²) in [6, 6.07) is 8.83. The van der Waals surface area contributed by atoms with Crippen LogP contribution in [0.4, 0.5) is 20.2 Å². The Labute approximate surface area is 229 Å². The van der Waals surface area contributed by atoms with E-state index < -0.39 is 28.5 Å². The predicted molar refractivity (Wildman–Crippen MR) is 146 cm³/mol. The van der Waals surface area contributed by atoms with Gasteiger partial charge in [-0.2, -0.15) is 5.26 Å². The summed E-state index contributed by atoms with van der Waals surface area (Å²) in [5, 5.41) is 9.32. The molecule has 0 atom stereocenters. The first-order valence-corrected chi connectivity index (χ1v) is 12.6. The molecule has 2 aromatic heterocycles. The smallest absolute Gasteiger partial charge is 0.300 e. The summed E-state index contributed by atoms with van der Waals surface area (Å²) in [7, 11) is 1.53. The molecule has 0 saturated carbocycles. The van der Waals surface area contributed by atoms with Crippen LogP contribution in [-0.4, -0.2) is 46.3 Å². The second-order valence-corrected chi connectivity index (χ2v) is 9.92. The Bertz CT molecular complexity index is 1580. The first kappa shape index (κ1) is 28.1. The number of methoxy groups -OCH3 is 1. The maximum absolute atomic E-state index is 14.3. The van der Waals surface area contributed by atoms with Gasteiger partial charge in [0.25, 0.3) is 11.8 Å². The van der Waals surface area contributed by atoms with E-state index >= 15 is 0 Å². The van der Waals surface area contributed by atoms with Crippen molar-refractivity contribution >= 4 is 40.3 Å². The van der Waals surface area contributed by atoms with Crippen LogP contribution in [0, 0.1) is 11.3 Å². The molecular formula is C27H27F2N5O4S. The number of nitriles is 1. The van der Waals surface area contributed by atoms with Crippen molar-refractivity contribution in [3.8, 4) is 11.8 Å². The van der Waals surface area contributed by atoms with Crippen molar-refractivity contribution in [1.29, 1.82) is 5.26 Å². The van der Waals surface area contributed by atoms with Crippen LogP contribution in [0.25, 0.3) is 5.65 Å². The maximum Gasteiger partial charge on any atom is 0.300 e. The van der Waals surface area contributed by atoms with Crippen LogP contribution in [0.1, 0.15) is 44.5 Å². The summed E-state index contributed by atoms with van der Waals surface area (Å²) in [5.41, 5.74) is -0.953. The molecule has 204 valence electrons. The number of amides is 1. The predicted octanol–water partition coefficient (Wildman–Crippen LogP) is 4.18. The van der Waals surface area contributed by atoms with E-state index in [0.29, 0.717) is 37.0 Å². The third-order valence-corrected chi connectivity index (χ3v) is 6.85. The fourth-order valence-corrected chi connectivity index (χ4v) is 5.01. The molecule has 4 rings (SSSR count). The van der Waals surface area contributed by atoms with Crippen LogP contribution in [-0.2, 0) is 21.9 Å². The zero-order valence-corrected chi connectivity index (χ0v) is 22.9. The number of benzene rings is 1. The number of thiocarbonyl (C=S) groups is 1. The number of carbonyl (C=O) groups excluding carboxylic acids is 1. The number of aryl methyl sites for hydroxylation is 1. The third kappa shape index (κ3) is 4.84. The first-order valence-electron chi connectivity index (χ1n) is 12.1. The number of carbonyl (C=O) groups is 1. The molecule has 1 fully saturated rings. The Kier molecular flexibility index (Phi) is 7.42. The molecular weight excluding hydrogens is 528 g/mol. The topological polar surface area (TPSA) is 100 Å². The number of rotatable bonds is 8. The van der Waals surface area contributed by atoms with E-state index in [0.717, 1.165) is 11.0 Å². The molecule has 3 aromatic rings. The van der Waals surface area contributed by atoms with Gasteiger partial charge >= 0.3 is 5.56 Å². The summed E-state index contributed by atoms with van der Waals surface area (Å²) in [5.74, 6) is -3.66. The fourth-order valence-electron chi connectivity index (χ4n) is 4.49. The van der Waals surface area contributed by atoms with Crippen LogP contribution in [0.15, 0.2) is 41.3 Å². The molecule has 1 aliphatic heterocycles. The van der Waals surface area contributed by atoms with Gasteiger partial charge in [-0.15, -0.1) is 0 Å². The van der Waals surface area contributed by atoms with Crippen molar-refractivity contribution in [1.82, 2.24) is 9.38 Å². The lowest BCUT2D eigenvalue weighted by molar-refractivity contribution is -0.120. The van der Waals surface area contributed by atoms with E-state index in [9.17, 15) is 23.6 Å². The average molecular weight is 556 g/mol. The molecule has 39 heavy (non-hydrogen) atoms.